The van der Waals surface area contributed by atoms with E-state index in [1.54, 1.807) is 13.3 Å². The molecule has 0 aromatic carbocycles. The van der Waals surface area contributed by atoms with E-state index in [-0.39, 0.29) is 0 Å². The number of hydrogen-bond acceptors (Lipinski definition) is 2. The number of nitrogens with zero attached hydrogens (tertiary/aromatic N) is 1. The molecule has 0 atom stereocenters. The molecule has 0 amide bonds. The van der Waals surface area contributed by atoms with Gasteiger partial charge in [0, 0.05) is 0 Å². The van der Waals surface area contributed by atoms with Crippen LogP contribution in [0, 0.1) is 6.20 Å². The summed E-state index contributed by atoms with van der Waals surface area (Å²) >= 11 is 0. The Hall–Kier alpha value is -1.05. The molecule has 1 radical (unpaired) electrons. The van der Waals surface area contributed by atoms with E-state index in [0.717, 1.165) is 11.3 Å². The molecule has 2 heteroatoms. The van der Waals surface area contributed by atoms with Crippen molar-refractivity contribution in [3.63, 3.8) is 0 Å². The summed E-state index contributed by atoms with van der Waals surface area (Å²) < 4.78 is 5.02. The topological polar surface area (TPSA) is 22.1 Å². The van der Waals surface area contributed by atoms with Gasteiger partial charge in [0.25, 0.3) is 0 Å². The zero-order chi connectivity index (χ0) is 8.27. The number of pyridine rings is 1. The molecule has 59 valence electrons. The zero-order valence-corrected chi connectivity index (χ0v) is 7.09. The summed E-state index contributed by atoms with van der Waals surface area (Å²) in [7, 11) is 1.64. The number of aromatic nitrogens is 1. The van der Waals surface area contributed by atoms with Crippen molar-refractivity contribution >= 4 is 0 Å². The lowest BCUT2D eigenvalue weighted by atomic mass is 10.1. The summed E-state index contributed by atoms with van der Waals surface area (Å²) in [4.78, 5) is 3.93. The van der Waals surface area contributed by atoms with Crippen molar-refractivity contribution in [3.05, 3.63) is 24.0 Å². The lowest BCUT2D eigenvalue weighted by molar-refractivity contribution is 0.412. The lowest BCUT2D eigenvalue weighted by Gasteiger charge is -2.04. The highest BCUT2D eigenvalue weighted by molar-refractivity contribution is 5.24. The van der Waals surface area contributed by atoms with Gasteiger partial charge in [0.1, 0.15) is 5.75 Å². The highest BCUT2D eigenvalue weighted by atomic mass is 16.5. The van der Waals surface area contributed by atoms with Gasteiger partial charge in [0.15, 0.2) is 0 Å². The summed E-state index contributed by atoms with van der Waals surface area (Å²) in [6.45, 7) is 4.21. The fourth-order valence-electron chi connectivity index (χ4n) is 0.801. The maximum absolute atomic E-state index is 5.02. The van der Waals surface area contributed by atoms with E-state index in [9.17, 15) is 0 Å². The van der Waals surface area contributed by atoms with Gasteiger partial charge < -0.3 is 4.74 Å². The van der Waals surface area contributed by atoms with Crippen molar-refractivity contribution in [1.29, 1.82) is 0 Å². The monoisotopic (exact) mass is 150 g/mol. The molecule has 0 fully saturated rings. The molecule has 0 bridgehead atoms. The maximum Gasteiger partial charge on any atom is 0.137 e. The predicted molar refractivity (Wildman–Crippen MR) is 43.7 cm³/mol. The van der Waals surface area contributed by atoms with Gasteiger partial charge in [-0.1, -0.05) is 13.8 Å². The second-order valence-electron chi connectivity index (χ2n) is 2.73. The second kappa shape index (κ2) is 3.37. The molecule has 0 saturated heterocycles. The third kappa shape index (κ3) is 1.93. The van der Waals surface area contributed by atoms with Crippen LogP contribution in [0.4, 0.5) is 0 Å². The van der Waals surface area contributed by atoms with Crippen LogP contribution in [0.1, 0.15) is 25.3 Å². The highest BCUT2D eigenvalue weighted by Crippen LogP contribution is 2.17. The van der Waals surface area contributed by atoms with E-state index >= 15 is 0 Å². The summed E-state index contributed by atoms with van der Waals surface area (Å²) in [5.41, 5.74) is 1.09. The molecule has 0 aliphatic carbocycles. The largest absolute Gasteiger partial charge is 0.495 e. The van der Waals surface area contributed by atoms with Crippen LogP contribution in [0.2, 0.25) is 0 Å². The Bertz CT molecular complexity index is 233. The normalized spacial score (nSPS) is 10.2. The molecule has 11 heavy (non-hydrogen) atoms. The summed E-state index contributed by atoms with van der Waals surface area (Å²) in [5, 5.41) is 0. The van der Waals surface area contributed by atoms with E-state index < -0.39 is 0 Å². The van der Waals surface area contributed by atoms with Crippen molar-refractivity contribution in [2.45, 2.75) is 19.8 Å². The van der Waals surface area contributed by atoms with Crippen LogP contribution in [0.3, 0.4) is 0 Å². The minimum atomic E-state index is 0.456. The Morgan fingerprint density at radius 1 is 1.55 bits per heavy atom. The van der Waals surface area contributed by atoms with Crippen LogP contribution in [-0.2, 0) is 0 Å². The Morgan fingerprint density at radius 3 is 2.82 bits per heavy atom. The molecular formula is C9H12NO. The van der Waals surface area contributed by atoms with E-state index in [2.05, 4.69) is 25.0 Å². The molecule has 0 saturated carbocycles. The fourth-order valence-corrected chi connectivity index (χ4v) is 0.801. The first-order valence-corrected chi connectivity index (χ1v) is 3.65. The number of ether oxygens (including phenoxy) is 1. The molecule has 0 aliphatic heterocycles. The van der Waals surface area contributed by atoms with Crippen LogP contribution in [0.15, 0.2) is 12.3 Å². The third-order valence-corrected chi connectivity index (χ3v) is 1.54. The van der Waals surface area contributed by atoms with Crippen LogP contribution in [0.5, 0.6) is 5.75 Å². The van der Waals surface area contributed by atoms with Gasteiger partial charge in [-0.25, -0.2) is 0 Å². The first-order valence-electron chi connectivity index (χ1n) is 3.65. The molecule has 1 aromatic heterocycles. The SMILES string of the molecule is COc1cn[c]c(C(C)C)c1. The smallest absolute Gasteiger partial charge is 0.137 e. The Morgan fingerprint density at radius 2 is 2.27 bits per heavy atom. The Labute approximate surface area is 67.2 Å². The number of rotatable bonds is 2. The van der Waals surface area contributed by atoms with E-state index in [1.807, 2.05) is 6.07 Å². The summed E-state index contributed by atoms with van der Waals surface area (Å²) in [6, 6.07) is 1.96. The van der Waals surface area contributed by atoms with Crippen LogP contribution >= 0.6 is 0 Å². The average molecular weight is 150 g/mol. The maximum atomic E-state index is 5.02. The van der Waals surface area contributed by atoms with Crippen molar-refractivity contribution in [2.75, 3.05) is 7.11 Å². The summed E-state index contributed by atoms with van der Waals surface area (Å²) in [6.07, 6.45) is 4.57. The molecule has 1 aromatic rings. The molecule has 0 N–H and O–H groups in total. The van der Waals surface area contributed by atoms with Gasteiger partial charge in [-0.15, -0.1) is 0 Å². The Balaban J connectivity index is 2.91. The molecule has 0 unspecified atom stereocenters. The Kier molecular flexibility index (Phi) is 2.47. The standard InChI is InChI=1S/C9H12NO/c1-7(2)8-4-9(11-3)6-10-5-8/h4,6-7H,1-3H3. The minimum absolute atomic E-state index is 0.456. The van der Waals surface area contributed by atoms with Gasteiger partial charge in [0.05, 0.1) is 19.5 Å². The van der Waals surface area contributed by atoms with E-state index in [4.69, 9.17) is 4.74 Å². The molecule has 0 aliphatic rings. The van der Waals surface area contributed by atoms with Gasteiger partial charge >= 0.3 is 0 Å². The van der Waals surface area contributed by atoms with Crippen LogP contribution < -0.4 is 4.74 Å². The average Bonchev–Trinajstić information content (AvgIpc) is 2.05. The number of methoxy groups -OCH3 is 1. The first kappa shape index (κ1) is 8.05. The number of hydrogen-bond donors (Lipinski definition) is 0. The van der Waals surface area contributed by atoms with Crippen LogP contribution in [-0.4, -0.2) is 12.1 Å². The zero-order valence-electron chi connectivity index (χ0n) is 7.09. The van der Waals surface area contributed by atoms with E-state index in [0.29, 0.717) is 5.92 Å². The van der Waals surface area contributed by atoms with Gasteiger partial charge in [-0.05, 0) is 17.5 Å². The van der Waals surface area contributed by atoms with E-state index in [1.165, 1.54) is 0 Å². The van der Waals surface area contributed by atoms with Crippen molar-refractivity contribution in [1.82, 2.24) is 4.98 Å². The van der Waals surface area contributed by atoms with Gasteiger partial charge in [0.2, 0.25) is 0 Å². The second-order valence-corrected chi connectivity index (χ2v) is 2.73. The lowest BCUT2D eigenvalue weighted by Crippen LogP contribution is -1.91. The van der Waals surface area contributed by atoms with Crippen molar-refractivity contribution < 1.29 is 4.74 Å². The highest BCUT2D eigenvalue weighted by Gasteiger charge is 2.00. The van der Waals surface area contributed by atoms with Crippen molar-refractivity contribution in [3.8, 4) is 5.75 Å². The third-order valence-electron chi connectivity index (χ3n) is 1.54. The van der Waals surface area contributed by atoms with Gasteiger partial charge in [-0.2, -0.15) is 0 Å². The molecule has 2 nitrogen and oxygen atoms in total. The molecule has 1 heterocycles. The predicted octanol–water partition coefficient (Wildman–Crippen LogP) is 2.01. The van der Waals surface area contributed by atoms with Gasteiger partial charge in [-0.3, -0.25) is 4.98 Å². The molecule has 0 spiro atoms. The van der Waals surface area contributed by atoms with Crippen LogP contribution in [0.25, 0.3) is 0 Å². The summed E-state index contributed by atoms with van der Waals surface area (Å²) in [5.74, 6) is 1.25. The molecular weight excluding hydrogens is 138 g/mol. The fraction of sp³-hybridized carbons (Fsp3) is 0.444. The quantitative estimate of drug-likeness (QED) is 0.643. The van der Waals surface area contributed by atoms with Crippen molar-refractivity contribution in [2.24, 2.45) is 0 Å². The first-order chi connectivity index (χ1) is 5.24. The minimum Gasteiger partial charge on any atom is -0.495 e. The molecule has 1 rings (SSSR count).